The Morgan fingerprint density at radius 3 is 2.10 bits per heavy atom. The number of aryl methyl sites for hydroxylation is 2. The Kier molecular flexibility index (Phi) is 7.89. The first-order chi connectivity index (χ1) is 15.0. The van der Waals surface area contributed by atoms with E-state index in [4.69, 9.17) is 9.47 Å². The quantitative estimate of drug-likeness (QED) is 0.543. The molecule has 7 nitrogen and oxygen atoms in total. The van der Waals surface area contributed by atoms with E-state index in [1.165, 1.54) is 17.5 Å². The zero-order valence-corrected chi connectivity index (χ0v) is 18.5. The van der Waals surface area contributed by atoms with Gasteiger partial charge in [-0.2, -0.15) is 0 Å². The van der Waals surface area contributed by atoms with Gasteiger partial charge >= 0.3 is 0 Å². The Morgan fingerprint density at radius 2 is 1.42 bits per heavy atom. The molecule has 0 heterocycles. The highest BCUT2D eigenvalue weighted by atomic mass is 16.5. The number of amides is 2. The molecule has 0 spiro atoms. The monoisotopic (exact) mass is 426 g/mol. The van der Waals surface area contributed by atoms with E-state index in [1.807, 2.05) is 27.0 Å². The van der Waals surface area contributed by atoms with Gasteiger partial charge in [0.1, 0.15) is 0 Å². The lowest BCUT2D eigenvalue weighted by molar-refractivity contribution is -0.862. The molecule has 1 aliphatic rings. The van der Waals surface area contributed by atoms with Crippen molar-refractivity contribution in [2.75, 3.05) is 44.0 Å². The van der Waals surface area contributed by atoms with Crippen LogP contribution in [0.3, 0.4) is 0 Å². The Morgan fingerprint density at radius 1 is 0.839 bits per heavy atom. The number of anilines is 2. The number of hydrogen-bond donors (Lipinski definition) is 3. The first-order valence-corrected chi connectivity index (χ1v) is 10.9. The number of ether oxygens (including phenoxy) is 2. The maximum absolute atomic E-state index is 12.4. The number of carbonyl (C=O) groups is 2. The first kappa shape index (κ1) is 22.6. The second-order valence-corrected chi connectivity index (χ2v) is 7.77. The number of quaternary nitrogens is 1. The third-order valence-electron chi connectivity index (χ3n) is 5.13. The molecule has 166 valence electrons. The minimum Gasteiger partial charge on any atom is -0.490 e. The highest BCUT2D eigenvalue weighted by Crippen LogP contribution is 2.30. The van der Waals surface area contributed by atoms with E-state index in [9.17, 15) is 9.59 Å². The molecule has 0 aliphatic heterocycles. The molecule has 2 amide bonds. The SMILES string of the molecule is CCOc1ccc(NC(=O)C[NH+](C)CC(=O)Nc2ccc3c(c2)CCC3)cc1OCC. The molecule has 0 fully saturated rings. The van der Waals surface area contributed by atoms with E-state index in [1.54, 1.807) is 18.2 Å². The lowest BCUT2D eigenvalue weighted by Gasteiger charge is -2.15. The number of hydrogen-bond acceptors (Lipinski definition) is 4. The second-order valence-electron chi connectivity index (χ2n) is 7.77. The van der Waals surface area contributed by atoms with Crippen molar-refractivity contribution < 1.29 is 24.0 Å². The Labute approximate surface area is 183 Å². The summed E-state index contributed by atoms with van der Waals surface area (Å²) in [5.41, 5.74) is 4.15. The van der Waals surface area contributed by atoms with E-state index in [-0.39, 0.29) is 24.9 Å². The van der Waals surface area contributed by atoms with Crippen molar-refractivity contribution in [2.45, 2.75) is 33.1 Å². The second kappa shape index (κ2) is 10.8. The molecule has 0 aromatic heterocycles. The number of fused-ring (bicyclic) bond motifs is 1. The zero-order chi connectivity index (χ0) is 22.2. The van der Waals surface area contributed by atoms with Crippen LogP contribution in [0.2, 0.25) is 0 Å². The van der Waals surface area contributed by atoms with Crippen LogP contribution in [-0.4, -0.2) is 45.2 Å². The lowest BCUT2D eigenvalue weighted by Crippen LogP contribution is -3.11. The van der Waals surface area contributed by atoms with Crippen molar-refractivity contribution in [1.29, 1.82) is 0 Å². The topological polar surface area (TPSA) is 81.1 Å². The van der Waals surface area contributed by atoms with Gasteiger partial charge in [0.25, 0.3) is 11.8 Å². The smallest absolute Gasteiger partial charge is 0.279 e. The summed E-state index contributed by atoms with van der Waals surface area (Å²) in [6.45, 7) is 5.22. The fraction of sp³-hybridized carbons (Fsp3) is 0.417. The Hall–Kier alpha value is -3.06. The van der Waals surface area contributed by atoms with E-state index in [0.717, 1.165) is 23.4 Å². The normalized spacial score (nSPS) is 13.3. The van der Waals surface area contributed by atoms with Crippen molar-refractivity contribution >= 4 is 23.2 Å². The lowest BCUT2D eigenvalue weighted by atomic mass is 10.1. The van der Waals surface area contributed by atoms with Gasteiger partial charge in [-0.15, -0.1) is 0 Å². The number of nitrogens with one attached hydrogen (secondary N) is 3. The third-order valence-corrected chi connectivity index (χ3v) is 5.13. The Balaban J connectivity index is 1.49. The molecular weight excluding hydrogens is 394 g/mol. The number of carbonyl (C=O) groups excluding carboxylic acids is 2. The van der Waals surface area contributed by atoms with Crippen LogP contribution in [0.4, 0.5) is 11.4 Å². The summed E-state index contributed by atoms with van der Waals surface area (Å²) in [5, 5.41) is 5.81. The standard InChI is InChI=1S/C24H31N3O4/c1-4-30-21-12-11-20(14-22(21)31-5-2)26-24(29)16-27(3)15-23(28)25-19-10-9-17-7-6-8-18(17)13-19/h9-14H,4-8,15-16H2,1-3H3,(H,25,28)(H,26,29)/p+1. The molecule has 1 atom stereocenters. The Bertz CT molecular complexity index is 929. The minimum absolute atomic E-state index is 0.108. The molecular formula is C24H32N3O4+. The average Bonchev–Trinajstić information content (AvgIpc) is 3.17. The van der Waals surface area contributed by atoms with Crippen molar-refractivity contribution in [3.63, 3.8) is 0 Å². The van der Waals surface area contributed by atoms with Crippen LogP contribution in [0.1, 0.15) is 31.4 Å². The summed E-state index contributed by atoms with van der Waals surface area (Å²) in [5.74, 6) is 0.960. The molecule has 0 saturated carbocycles. The van der Waals surface area contributed by atoms with Gasteiger partial charge in [-0.1, -0.05) is 6.07 Å². The van der Waals surface area contributed by atoms with Gasteiger partial charge in [0.2, 0.25) is 0 Å². The van der Waals surface area contributed by atoms with Gasteiger partial charge < -0.3 is 25.0 Å². The van der Waals surface area contributed by atoms with Gasteiger partial charge in [0, 0.05) is 17.4 Å². The predicted octanol–water partition coefficient (Wildman–Crippen LogP) is 2.06. The van der Waals surface area contributed by atoms with Crippen LogP contribution in [0.15, 0.2) is 36.4 Å². The summed E-state index contributed by atoms with van der Waals surface area (Å²) >= 11 is 0. The van der Waals surface area contributed by atoms with Crippen LogP contribution in [0, 0.1) is 0 Å². The van der Waals surface area contributed by atoms with Crippen molar-refractivity contribution in [3.8, 4) is 11.5 Å². The van der Waals surface area contributed by atoms with E-state index in [2.05, 4.69) is 22.8 Å². The molecule has 0 radical (unpaired) electrons. The van der Waals surface area contributed by atoms with Crippen molar-refractivity contribution in [3.05, 3.63) is 47.5 Å². The summed E-state index contributed by atoms with van der Waals surface area (Å²) < 4.78 is 11.1. The molecule has 3 N–H and O–H groups in total. The molecule has 2 aromatic rings. The van der Waals surface area contributed by atoms with E-state index < -0.39 is 0 Å². The van der Waals surface area contributed by atoms with Crippen LogP contribution < -0.4 is 25.0 Å². The maximum atomic E-state index is 12.4. The number of likely N-dealkylation sites (N-methyl/N-ethyl adjacent to an activating group) is 1. The highest BCUT2D eigenvalue weighted by Gasteiger charge is 2.17. The third kappa shape index (κ3) is 6.46. The number of benzene rings is 2. The summed E-state index contributed by atoms with van der Waals surface area (Å²) in [6.07, 6.45) is 3.36. The molecule has 0 bridgehead atoms. The summed E-state index contributed by atoms with van der Waals surface area (Å²) in [6, 6.07) is 11.4. The van der Waals surface area contributed by atoms with Gasteiger partial charge in [-0.3, -0.25) is 9.59 Å². The predicted molar refractivity (Wildman–Crippen MR) is 121 cm³/mol. The highest BCUT2D eigenvalue weighted by molar-refractivity contribution is 5.93. The largest absolute Gasteiger partial charge is 0.490 e. The average molecular weight is 427 g/mol. The van der Waals surface area contributed by atoms with Crippen LogP contribution in [0.25, 0.3) is 0 Å². The maximum Gasteiger partial charge on any atom is 0.279 e. The molecule has 1 unspecified atom stereocenters. The minimum atomic E-state index is -0.172. The molecule has 1 aliphatic carbocycles. The van der Waals surface area contributed by atoms with Crippen LogP contribution in [-0.2, 0) is 22.4 Å². The van der Waals surface area contributed by atoms with Crippen LogP contribution in [0.5, 0.6) is 11.5 Å². The van der Waals surface area contributed by atoms with Crippen molar-refractivity contribution in [2.24, 2.45) is 0 Å². The van der Waals surface area contributed by atoms with E-state index in [0.29, 0.717) is 30.4 Å². The van der Waals surface area contributed by atoms with Gasteiger partial charge in [0.05, 0.1) is 20.3 Å². The van der Waals surface area contributed by atoms with Gasteiger partial charge in [-0.05, 0) is 68.5 Å². The molecule has 31 heavy (non-hydrogen) atoms. The summed E-state index contributed by atoms with van der Waals surface area (Å²) in [4.78, 5) is 25.6. The van der Waals surface area contributed by atoms with Gasteiger partial charge in [0.15, 0.2) is 24.6 Å². The zero-order valence-electron chi connectivity index (χ0n) is 18.5. The van der Waals surface area contributed by atoms with Gasteiger partial charge in [-0.25, -0.2) is 0 Å². The number of rotatable bonds is 10. The molecule has 2 aromatic carbocycles. The summed E-state index contributed by atoms with van der Waals surface area (Å²) in [7, 11) is 1.83. The molecule has 3 rings (SSSR count). The van der Waals surface area contributed by atoms with Crippen LogP contribution >= 0.6 is 0 Å². The molecule has 0 saturated heterocycles. The fourth-order valence-electron chi connectivity index (χ4n) is 3.80. The molecule has 7 heteroatoms. The first-order valence-electron chi connectivity index (χ1n) is 10.9. The van der Waals surface area contributed by atoms with Crippen molar-refractivity contribution in [1.82, 2.24) is 0 Å². The van der Waals surface area contributed by atoms with E-state index >= 15 is 0 Å². The fourth-order valence-corrected chi connectivity index (χ4v) is 3.80.